The van der Waals surface area contributed by atoms with Gasteiger partial charge >= 0.3 is 5.97 Å². The smallest absolute Gasteiger partial charge is 0.323 e. The molecular formula is C14H18FNO3. The van der Waals surface area contributed by atoms with E-state index in [0.29, 0.717) is 6.42 Å². The Hall–Kier alpha value is -1.91. The number of carbonyl (C=O) groups is 2. The van der Waals surface area contributed by atoms with E-state index in [9.17, 15) is 14.0 Å². The van der Waals surface area contributed by atoms with Crippen LogP contribution in [-0.2, 0) is 4.79 Å². The van der Waals surface area contributed by atoms with E-state index in [1.54, 1.807) is 6.92 Å². The van der Waals surface area contributed by atoms with E-state index in [-0.39, 0.29) is 23.7 Å². The van der Waals surface area contributed by atoms with Gasteiger partial charge in [0.05, 0.1) is 0 Å². The third-order valence-electron chi connectivity index (χ3n) is 3.19. The molecule has 1 N–H and O–H groups in total. The fourth-order valence-corrected chi connectivity index (χ4v) is 1.79. The molecule has 0 saturated heterocycles. The monoisotopic (exact) mass is 267 g/mol. The number of nitrogens with zero attached hydrogens (tertiary/aromatic N) is 1. The van der Waals surface area contributed by atoms with Gasteiger partial charge in [0, 0.05) is 11.6 Å². The molecule has 1 aromatic carbocycles. The standard InChI is InChI=1S/C14H18FNO3/c1-4-9(2)16(8-13(17)18)14(19)11-6-5-7-12(15)10(11)3/h5-7,9H,4,8H2,1-3H3,(H,17,18). The molecule has 1 rings (SSSR count). The average Bonchev–Trinajstić information content (AvgIpc) is 2.37. The van der Waals surface area contributed by atoms with E-state index in [4.69, 9.17) is 5.11 Å². The second-order valence-electron chi connectivity index (χ2n) is 4.50. The molecule has 0 heterocycles. The molecule has 0 fully saturated rings. The lowest BCUT2D eigenvalue weighted by atomic mass is 10.1. The number of carbonyl (C=O) groups excluding carboxylic acids is 1. The van der Waals surface area contributed by atoms with Crippen molar-refractivity contribution in [1.29, 1.82) is 0 Å². The molecule has 0 radical (unpaired) electrons. The number of carboxylic acids is 1. The van der Waals surface area contributed by atoms with E-state index < -0.39 is 17.7 Å². The number of aliphatic carboxylic acids is 1. The van der Waals surface area contributed by atoms with Gasteiger partial charge in [0.15, 0.2) is 0 Å². The van der Waals surface area contributed by atoms with Gasteiger partial charge in [-0.1, -0.05) is 13.0 Å². The van der Waals surface area contributed by atoms with Crippen LogP contribution in [0.4, 0.5) is 4.39 Å². The Morgan fingerprint density at radius 2 is 2.05 bits per heavy atom. The maximum atomic E-state index is 13.5. The zero-order valence-corrected chi connectivity index (χ0v) is 11.3. The summed E-state index contributed by atoms with van der Waals surface area (Å²) >= 11 is 0. The van der Waals surface area contributed by atoms with Crippen molar-refractivity contribution >= 4 is 11.9 Å². The fraction of sp³-hybridized carbons (Fsp3) is 0.429. The van der Waals surface area contributed by atoms with Crippen LogP contribution in [-0.4, -0.2) is 34.5 Å². The van der Waals surface area contributed by atoms with E-state index in [1.165, 1.54) is 30.0 Å². The first-order chi connectivity index (χ1) is 8.88. The fourth-order valence-electron chi connectivity index (χ4n) is 1.79. The molecule has 0 aromatic heterocycles. The van der Waals surface area contributed by atoms with Crippen LogP contribution in [0.5, 0.6) is 0 Å². The molecule has 4 nitrogen and oxygen atoms in total. The van der Waals surface area contributed by atoms with Crippen molar-refractivity contribution in [1.82, 2.24) is 4.90 Å². The van der Waals surface area contributed by atoms with E-state index in [0.717, 1.165) is 0 Å². The molecule has 104 valence electrons. The molecule has 0 bridgehead atoms. The molecule has 0 spiro atoms. The third kappa shape index (κ3) is 3.53. The van der Waals surface area contributed by atoms with Crippen LogP contribution < -0.4 is 0 Å². The van der Waals surface area contributed by atoms with Crippen LogP contribution in [0.1, 0.15) is 36.2 Å². The minimum Gasteiger partial charge on any atom is -0.480 e. The van der Waals surface area contributed by atoms with Gasteiger partial charge < -0.3 is 10.0 Å². The summed E-state index contributed by atoms with van der Waals surface area (Å²) in [5.41, 5.74) is 0.452. The predicted octanol–water partition coefficient (Wildman–Crippen LogP) is 2.46. The molecule has 0 aliphatic heterocycles. The Balaban J connectivity index is 3.11. The van der Waals surface area contributed by atoms with Crippen LogP contribution >= 0.6 is 0 Å². The number of benzene rings is 1. The van der Waals surface area contributed by atoms with Gasteiger partial charge in [0.1, 0.15) is 12.4 Å². The Kier molecular flexibility index (Phi) is 5.03. The highest BCUT2D eigenvalue weighted by Gasteiger charge is 2.24. The highest BCUT2D eigenvalue weighted by Crippen LogP contribution is 2.16. The Morgan fingerprint density at radius 1 is 1.42 bits per heavy atom. The maximum Gasteiger partial charge on any atom is 0.323 e. The van der Waals surface area contributed by atoms with Crippen molar-refractivity contribution in [3.8, 4) is 0 Å². The lowest BCUT2D eigenvalue weighted by molar-refractivity contribution is -0.138. The number of halogens is 1. The molecule has 0 aliphatic carbocycles. The van der Waals surface area contributed by atoms with Gasteiger partial charge in [-0.15, -0.1) is 0 Å². The Bertz CT molecular complexity index is 488. The molecule has 1 atom stereocenters. The van der Waals surface area contributed by atoms with Crippen molar-refractivity contribution < 1.29 is 19.1 Å². The number of amides is 1. The summed E-state index contributed by atoms with van der Waals surface area (Å²) in [6, 6.07) is 4.02. The van der Waals surface area contributed by atoms with E-state index in [1.807, 2.05) is 6.92 Å². The first-order valence-corrected chi connectivity index (χ1v) is 6.16. The van der Waals surface area contributed by atoms with Gasteiger partial charge in [0.25, 0.3) is 5.91 Å². The summed E-state index contributed by atoms with van der Waals surface area (Å²) in [6.07, 6.45) is 0.632. The summed E-state index contributed by atoms with van der Waals surface area (Å²) in [6.45, 7) is 4.77. The van der Waals surface area contributed by atoms with Crippen LogP contribution in [0, 0.1) is 12.7 Å². The molecular weight excluding hydrogens is 249 g/mol. The van der Waals surface area contributed by atoms with E-state index >= 15 is 0 Å². The quantitative estimate of drug-likeness (QED) is 0.891. The molecule has 0 aliphatic rings. The molecule has 1 aromatic rings. The summed E-state index contributed by atoms with van der Waals surface area (Å²) in [5, 5.41) is 8.88. The van der Waals surface area contributed by atoms with Crippen molar-refractivity contribution in [2.75, 3.05) is 6.54 Å². The maximum absolute atomic E-state index is 13.5. The topological polar surface area (TPSA) is 57.6 Å². The zero-order chi connectivity index (χ0) is 14.6. The van der Waals surface area contributed by atoms with Gasteiger partial charge in [-0.3, -0.25) is 9.59 Å². The summed E-state index contributed by atoms with van der Waals surface area (Å²) in [7, 11) is 0. The van der Waals surface area contributed by atoms with Crippen molar-refractivity contribution in [2.45, 2.75) is 33.2 Å². The van der Waals surface area contributed by atoms with Gasteiger partial charge in [-0.25, -0.2) is 4.39 Å². The Labute approximate surface area is 111 Å². The molecule has 0 saturated carbocycles. The van der Waals surface area contributed by atoms with Crippen molar-refractivity contribution in [3.05, 3.63) is 35.1 Å². The Morgan fingerprint density at radius 3 is 2.58 bits per heavy atom. The van der Waals surface area contributed by atoms with Crippen LogP contribution in [0.15, 0.2) is 18.2 Å². The predicted molar refractivity (Wildman–Crippen MR) is 69.6 cm³/mol. The van der Waals surface area contributed by atoms with Crippen molar-refractivity contribution in [2.24, 2.45) is 0 Å². The summed E-state index contributed by atoms with van der Waals surface area (Å²) in [4.78, 5) is 24.5. The summed E-state index contributed by atoms with van der Waals surface area (Å²) in [5.74, 6) is -2.00. The summed E-state index contributed by atoms with van der Waals surface area (Å²) < 4.78 is 13.5. The van der Waals surface area contributed by atoms with Crippen LogP contribution in [0.3, 0.4) is 0 Å². The lowest BCUT2D eigenvalue weighted by Crippen LogP contribution is -2.42. The second-order valence-corrected chi connectivity index (χ2v) is 4.50. The normalized spacial score (nSPS) is 12.0. The zero-order valence-electron chi connectivity index (χ0n) is 11.3. The third-order valence-corrected chi connectivity index (χ3v) is 3.19. The lowest BCUT2D eigenvalue weighted by Gasteiger charge is -2.27. The SMILES string of the molecule is CCC(C)N(CC(=O)O)C(=O)c1cccc(F)c1C. The molecule has 1 unspecified atom stereocenters. The first kappa shape index (κ1) is 15.1. The second kappa shape index (κ2) is 6.31. The average molecular weight is 267 g/mol. The minimum atomic E-state index is -1.08. The van der Waals surface area contributed by atoms with Crippen LogP contribution in [0.25, 0.3) is 0 Å². The van der Waals surface area contributed by atoms with Gasteiger partial charge in [0.2, 0.25) is 0 Å². The number of hydrogen-bond donors (Lipinski definition) is 1. The number of carboxylic acid groups (broad SMARTS) is 1. The van der Waals surface area contributed by atoms with Gasteiger partial charge in [-0.05, 0) is 38.0 Å². The van der Waals surface area contributed by atoms with Crippen LogP contribution in [0.2, 0.25) is 0 Å². The largest absolute Gasteiger partial charge is 0.480 e. The van der Waals surface area contributed by atoms with Gasteiger partial charge in [-0.2, -0.15) is 0 Å². The number of rotatable bonds is 5. The molecule has 5 heteroatoms. The number of hydrogen-bond acceptors (Lipinski definition) is 2. The van der Waals surface area contributed by atoms with Crippen molar-refractivity contribution in [3.63, 3.8) is 0 Å². The minimum absolute atomic E-state index is 0.210. The van der Waals surface area contributed by atoms with E-state index in [2.05, 4.69) is 0 Å². The molecule has 1 amide bonds. The first-order valence-electron chi connectivity index (χ1n) is 6.16. The molecule has 19 heavy (non-hydrogen) atoms. The highest BCUT2D eigenvalue weighted by atomic mass is 19.1. The highest BCUT2D eigenvalue weighted by molar-refractivity contribution is 5.97.